The van der Waals surface area contributed by atoms with E-state index in [0.717, 1.165) is 53.9 Å². The van der Waals surface area contributed by atoms with Gasteiger partial charge in [0, 0.05) is 17.0 Å². The number of likely N-dealkylation sites (tertiary alicyclic amines) is 1. The molecular formula is C26H33N3O3S2. The number of rotatable bonds is 7. The molecule has 8 heteroatoms. The Balaban J connectivity index is 1.75. The van der Waals surface area contributed by atoms with Crippen LogP contribution < -0.4 is 10.3 Å². The van der Waals surface area contributed by atoms with Gasteiger partial charge >= 0.3 is 0 Å². The molecule has 0 aliphatic carbocycles. The van der Waals surface area contributed by atoms with Gasteiger partial charge in [-0.05, 0) is 76.3 Å². The van der Waals surface area contributed by atoms with Crippen LogP contribution in [0.1, 0.15) is 56.9 Å². The second-order valence-electron chi connectivity index (χ2n) is 9.03. The lowest BCUT2D eigenvalue weighted by molar-refractivity contribution is -0.134. The summed E-state index contributed by atoms with van der Waals surface area (Å²) in [5, 5.41) is 1.23. The molecule has 2 atom stereocenters. The minimum atomic E-state index is -0.0825. The van der Waals surface area contributed by atoms with E-state index in [-0.39, 0.29) is 29.3 Å². The van der Waals surface area contributed by atoms with E-state index in [0.29, 0.717) is 10.5 Å². The second kappa shape index (κ2) is 10.5. The Morgan fingerprint density at radius 3 is 2.50 bits per heavy atom. The van der Waals surface area contributed by atoms with Crippen molar-refractivity contribution >= 4 is 39.2 Å². The molecule has 0 saturated carbocycles. The lowest BCUT2D eigenvalue weighted by Gasteiger charge is -2.39. The summed E-state index contributed by atoms with van der Waals surface area (Å²) >= 11 is 2.95. The first kappa shape index (κ1) is 24.8. The molecule has 4 rings (SSSR count). The van der Waals surface area contributed by atoms with Crippen molar-refractivity contribution in [3.63, 3.8) is 0 Å². The molecule has 182 valence electrons. The summed E-state index contributed by atoms with van der Waals surface area (Å²) in [4.78, 5) is 35.9. The van der Waals surface area contributed by atoms with Crippen molar-refractivity contribution in [2.75, 3.05) is 12.9 Å². The van der Waals surface area contributed by atoms with Crippen LogP contribution in [0.2, 0.25) is 0 Å². The van der Waals surface area contributed by atoms with Crippen molar-refractivity contribution in [1.82, 2.24) is 14.5 Å². The Kier molecular flexibility index (Phi) is 7.67. The van der Waals surface area contributed by atoms with Gasteiger partial charge in [0.25, 0.3) is 5.56 Å². The van der Waals surface area contributed by atoms with Crippen molar-refractivity contribution in [1.29, 1.82) is 0 Å². The Labute approximate surface area is 209 Å². The fourth-order valence-electron chi connectivity index (χ4n) is 4.85. The van der Waals surface area contributed by atoms with Gasteiger partial charge in [-0.25, -0.2) is 4.98 Å². The number of fused-ring (bicyclic) bond motifs is 1. The molecule has 1 aromatic carbocycles. The summed E-state index contributed by atoms with van der Waals surface area (Å²) in [6, 6.07) is 7.89. The number of nitrogens with zero attached hydrogens (tertiary/aromatic N) is 3. The van der Waals surface area contributed by atoms with Gasteiger partial charge in [-0.2, -0.15) is 0 Å². The van der Waals surface area contributed by atoms with Crippen LogP contribution in [-0.2, 0) is 11.2 Å². The highest BCUT2D eigenvalue weighted by atomic mass is 32.2. The van der Waals surface area contributed by atoms with E-state index in [9.17, 15) is 9.59 Å². The Bertz CT molecular complexity index is 1220. The van der Waals surface area contributed by atoms with Crippen molar-refractivity contribution in [3.8, 4) is 11.4 Å². The van der Waals surface area contributed by atoms with E-state index in [4.69, 9.17) is 9.72 Å². The summed E-state index contributed by atoms with van der Waals surface area (Å²) < 4.78 is 6.95. The molecule has 0 N–H and O–H groups in total. The van der Waals surface area contributed by atoms with Crippen LogP contribution in [0.25, 0.3) is 15.9 Å². The van der Waals surface area contributed by atoms with Gasteiger partial charge in [0.1, 0.15) is 10.6 Å². The number of carbonyl (C=O) groups excluding carboxylic acids is 1. The highest BCUT2D eigenvalue weighted by Gasteiger charge is 2.29. The number of thiophene rings is 1. The molecule has 0 radical (unpaired) electrons. The summed E-state index contributed by atoms with van der Waals surface area (Å²) in [5.74, 6) is 1.09. The fraction of sp³-hybridized carbons (Fsp3) is 0.500. The molecule has 0 spiro atoms. The zero-order chi connectivity index (χ0) is 24.4. The molecule has 2 aromatic heterocycles. The maximum Gasteiger partial charge on any atom is 0.267 e. The van der Waals surface area contributed by atoms with Gasteiger partial charge in [-0.3, -0.25) is 14.2 Å². The van der Waals surface area contributed by atoms with Gasteiger partial charge in [0.05, 0.1) is 23.9 Å². The van der Waals surface area contributed by atoms with E-state index in [1.54, 1.807) is 23.0 Å². The molecule has 1 fully saturated rings. The van der Waals surface area contributed by atoms with Crippen molar-refractivity contribution in [2.45, 2.75) is 77.0 Å². The number of thioether (sulfide) groups is 1. The minimum Gasteiger partial charge on any atom is -0.497 e. The van der Waals surface area contributed by atoms with E-state index in [2.05, 4.69) is 20.8 Å². The smallest absolute Gasteiger partial charge is 0.267 e. The molecule has 3 heterocycles. The zero-order valence-electron chi connectivity index (χ0n) is 20.6. The summed E-state index contributed by atoms with van der Waals surface area (Å²) in [6.45, 7) is 8.40. The molecule has 34 heavy (non-hydrogen) atoms. The molecule has 6 nitrogen and oxygen atoms in total. The van der Waals surface area contributed by atoms with Crippen LogP contribution in [0.3, 0.4) is 0 Å². The molecular weight excluding hydrogens is 466 g/mol. The number of methoxy groups -OCH3 is 1. The summed E-state index contributed by atoms with van der Waals surface area (Å²) in [7, 11) is 1.62. The molecule has 1 aliphatic heterocycles. The minimum absolute atomic E-state index is 0.0825. The number of piperidine rings is 1. The third-order valence-electron chi connectivity index (χ3n) is 6.65. The SMILES string of the molecule is CCCc1sc2nc(SCC(=O)N3[C@H](C)CCC[C@@H]3C)n(-c3ccc(OC)cc3)c(=O)c2c1C. The number of benzene rings is 1. The van der Waals surface area contributed by atoms with Crippen LogP contribution in [-0.4, -0.2) is 45.3 Å². The van der Waals surface area contributed by atoms with Crippen molar-refractivity contribution in [2.24, 2.45) is 0 Å². The average molecular weight is 500 g/mol. The van der Waals surface area contributed by atoms with Crippen molar-refractivity contribution in [3.05, 3.63) is 45.1 Å². The number of aromatic nitrogens is 2. The van der Waals surface area contributed by atoms with Gasteiger partial charge in [0.2, 0.25) is 5.91 Å². The van der Waals surface area contributed by atoms with Crippen LogP contribution in [0, 0.1) is 6.92 Å². The van der Waals surface area contributed by atoms with Gasteiger partial charge in [-0.15, -0.1) is 11.3 Å². The van der Waals surface area contributed by atoms with Crippen LogP contribution >= 0.6 is 23.1 Å². The van der Waals surface area contributed by atoms with E-state index in [1.807, 2.05) is 36.1 Å². The van der Waals surface area contributed by atoms with Gasteiger partial charge in [0.15, 0.2) is 5.16 Å². The maximum atomic E-state index is 13.8. The normalized spacial score (nSPS) is 18.4. The van der Waals surface area contributed by atoms with E-state index < -0.39 is 0 Å². The first-order chi connectivity index (χ1) is 16.3. The Morgan fingerprint density at radius 1 is 1.21 bits per heavy atom. The number of carbonyl (C=O) groups is 1. The van der Waals surface area contributed by atoms with Crippen LogP contribution in [0.15, 0.2) is 34.2 Å². The molecule has 1 amide bonds. The molecule has 1 saturated heterocycles. The highest BCUT2D eigenvalue weighted by molar-refractivity contribution is 7.99. The summed E-state index contributed by atoms with van der Waals surface area (Å²) in [5.41, 5.74) is 1.66. The maximum absolute atomic E-state index is 13.8. The van der Waals surface area contributed by atoms with Crippen LogP contribution in [0.5, 0.6) is 5.75 Å². The first-order valence-electron chi connectivity index (χ1n) is 12.0. The third kappa shape index (κ3) is 4.75. The molecule has 0 unspecified atom stereocenters. The predicted octanol–water partition coefficient (Wildman–Crippen LogP) is 5.60. The largest absolute Gasteiger partial charge is 0.497 e. The average Bonchev–Trinajstić information content (AvgIpc) is 3.13. The number of aryl methyl sites for hydroxylation is 2. The quantitative estimate of drug-likeness (QED) is 0.313. The Morgan fingerprint density at radius 2 is 1.88 bits per heavy atom. The second-order valence-corrected chi connectivity index (χ2v) is 11.1. The molecule has 0 bridgehead atoms. The number of hydrogen-bond donors (Lipinski definition) is 0. The van der Waals surface area contributed by atoms with E-state index in [1.165, 1.54) is 16.6 Å². The topological polar surface area (TPSA) is 64.4 Å². The molecule has 3 aromatic rings. The fourth-order valence-corrected chi connectivity index (χ4v) is 7.05. The van der Waals surface area contributed by atoms with Crippen molar-refractivity contribution < 1.29 is 9.53 Å². The predicted molar refractivity (Wildman–Crippen MR) is 141 cm³/mol. The zero-order valence-corrected chi connectivity index (χ0v) is 22.2. The monoisotopic (exact) mass is 499 g/mol. The standard InChI is InChI=1S/C26H33N3O3S2/c1-6-8-21-18(4)23-24(34-21)27-26(29(25(23)31)19-11-13-20(32-5)14-12-19)33-15-22(30)28-16(2)9-7-10-17(28)3/h11-14,16-17H,6-10,15H2,1-5H3/t16-,17+. The lowest BCUT2D eigenvalue weighted by Crippen LogP contribution is -2.48. The van der Waals surface area contributed by atoms with E-state index >= 15 is 0 Å². The number of hydrogen-bond acceptors (Lipinski definition) is 6. The number of amides is 1. The van der Waals surface area contributed by atoms with Gasteiger partial charge in [-0.1, -0.05) is 25.1 Å². The first-order valence-corrected chi connectivity index (χ1v) is 13.8. The number of ether oxygens (including phenoxy) is 1. The van der Waals surface area contributed by atoms with Gasteiger partial charge < -0.3 is 9.64 Å². The Hall–Kier alpha value is -2.32. The highest BCUT2D eigenvalue weighted by Crippen LogP contribution is 2.32. The summed E-state index contributed by atoms with van der Waals surface area (Å²) in [6.07, 6.45) is 5.18. The lowest BCUT2D eigenvalue weighted by atomic mass is 9.98. The molecule has 1 aliphatic rings. The third-order valence-corrected chi connectivity index (χ3v) is 8.82. The van der Waals surface area contributed by atoms with Crippen LogP contribution in [0.4, 0.5) is 0 Å².